The summed E-state index contributed by atoms with van der Waals surface area (Å²) >= 11 is 0. The number of anilines is 2. The Labute approximate surface area is 164 Å². The number of rotatable bonds is 3. The first kappa shape index (κ1) is 19.7. The van der Waals surface area contributed by atoms with Gasteiger partial charge in [-0.15, -0.1) is 0 Å². The maximum absolute atomic E-state index is 13.1. The van der Waals surface area contributed by atoms with E-state index in [1.807, 2.05) is 19.9 Å². The fourth-order valence-corrected chi connectivity index (χ4v) is 3.28. The molecule has 0 fully saturated rings. The highest BCUT2D eigenvalue weighted by molar-refractivity contribution is 5.98. The van der Waals surface area contributed by atoms with Gasteiger partial charge >= 0.3 is 0 Å². The maximum Gasteiger partial charge on any atom is 0.247 e. The van der Waals surface area contributed by atoms with E-state index < -0.39 is 0 Å². The molecule has 146 valence electrons. The summed E-state index contributed by atoms with van der Waals surface area (Å²) in [6, 6.07) is 7.90. The number of benzene rings is 1. The van der Waals surface area contributed by atoms with Crippen molar-refractivity contribution in [3.05, 3.63) is 64.8 Å². The molecule has 6 heteroatoms. The Kier molecular flexibility index (Phi) is 6.19. The fraction of sp³-hybridized carbons (Fsp3) is 0.318. The largest absolute Gasteiger partial charge is 0.352 e. The highest BCUT2D eigenvalue weighted by Gasteiger charge is 2.17. The van der Waals surface area contributed by atoms with Gasteiger partial charge in [-0.3, -0.25) is 4.79 Å². The number of allylic oxidation sites excluding steroid dienone is 3. The SMILES string of the molecule is C/C1=C(c2ccnc(Nc3ccc(F)cc3)n2)/C(C)=C(\C)C(=O)NCCCC1. The molecule has 0 unspecified atom stereocenters. The molecule has 5 nitrogen and oxygen atoms in total. The van der Waals surface area contributed by atoms with Crippen molar-refractivity contribution in [1.82, 2.24) is 15.3 Å². The molecular weight excluding hydrogens is 355 g/mol. The molecule has 1 amide bonds. The number of carbonyl (C=O) groups excluding carboxylic acids is 1. The van der Waals surface area contributed by atoms with Gasteiger partial charge < -0.3 is 10.6 Å². The van der Waals surface area contributed by atoms with E-state index in [9.17, 15) is 9.18 Å². The number of carbonyl (C=O) groups is 1. The molecule has 0 saturated heterocycles. The van der Waals surface area contributed by atoms with Gasteiger partial charge in [0.1, 0.15) is 5.82 Å². The van der Waals surface area contributed by atoms with Crippen molar-refractivity contribution in [3.63, 3.8) is 0 Å². The van der Waals surface area contributed by atoms with E-state index in [4.69, 9.17) is 0 Å². The Morgan fingerprint density at radius 2 is 1.79 bits per heavy atom. The third kappa shape index (κ3) is 4.63. The van der Waals surface area contributed by atoms with Crippen LogP contribution in [0.25, 0.3) is 5.57 Å². The zero-order valence-corrected chi connectivity index (χ0v) is 16.5. The van der Waals surface area contributed by atoms with Crippen LogP contribution in [-0.4, -0.2) is 22.4 Å². The van der Waals surface area contributed by atoms with Crippen molar-refractivity contribution in [2.45, 2.75) is 40.0 Å². The first-order valence-corrected chi connectivity index (χ1v) is 9.47. The normalized spacial score (nSPS) is 21.2. The van der Waals surface area contributed by atoms with Crippen LogP contribution >= 0.6 is 0 Å². The minimum atomic E-state index is -0.294. The standard InChI is InChI=1S/C22H25FN4O/c1-14-6-4-5-12-24-21(28)16(3)15(2)20(14)19-11-13-25-22(27-19)26-18-9-7-17(23)8-10-18/h7-11,13H,4-6,12H2,1-3H3,(H,24,28)(H,25,26,27)/b16-15+,20-14+. The minimum Gasteiger partial charge on any atom is -0.352 e. The lowest BCUT2D eigenvalue weighted by Crippen LogP contribution is -2.26. The van der Waals surface area contributed by atoms with Crippen LogP contribution in [0.2, 0.25) is 0 Å². The molecule has 0 atom stereocenters. The molecule has 2 aromatic rings. The molecule has 1 aliphatic heterocycles. The Morgan fingerprint density at radius 1 is 1.04 bits per heavy atom. The summed E-state index contributed by atoms with van der Waals surface area (Å²) in [5.41, 5.74) is 5.28. The van der Waals surface area contributed by atoms with E-state index in [1.54, 1.807) is 18.3 Å². The summed E-state index contributed by atoms with van der Waals surface area (Å²) in [5.74, 6) is 0.0943. The smallest absolute Gasteiger partial charge is 0.247 e. The van der Waals surface area contributed by atoms with Gasteiger partial charge in [0.2, 0.25) is 11.9 Å². The summed E-state index contributed by atoms with van der Waals surface area (Å²) in [4.78, 5) is 21.3. The van der Waals surface area contributed by atoms with Crippen LogP contribution in [0.1, 0.15) is 45.7 Å². The van der Waals surface area contributed by atoms with Gasteiger partial charge in [-0.05, 0) is 75.9 Å². The van der Waals surface area contributed by atoms with Crippen LogP contribution in [0.5, 0.6) is 0 Å². The van der Waals surface area contributed by atoms with Crippen molar-refractivity contribution in [1.29, 1.82) is 0 Å². The summed E-state index contributed by atoms with van der Waals surface area (Å²) in [5, 5.41) is 6.08. The lowest BCUT2D eigenvalue weighted by atomic mass is 9.91. The van der Waals surface area contributed by atoms with Crippen LogP contribution in [-0.2, 0) is 4.79 Å². The Bertz CT molecular complexity index is 932. The third-order valence-electron chi connectivity index (χ3n) is 4.98. The van der Waals surface area contributed by atoms with Crippen molar-refractivity contribution in [3.8, 4) is 0 Å². The van der Waals surface area contributed by atoms with Gasteiger partial charge in [0.05, 0.1) is 5.69 Å². The highest BCUT2D eigenvalue weighted by Crippen LogP contribution is 2.31. The highest BCUT2D eigenvalue weighted by atomic mass is 19.1. The monoisotopic (exact) mass is 380 g/mol. The Morgan fingerprint density at radius 3 is 2.54 bits per heavy atom. The van der Waals surface area contributed by atoms with E-state index >= 15 is 0 Å². The number of amides is 1. The molecule has 28 heavy (non-hydrogen) atoms. The van der Waals surface area contributed by atoms with Gasteiger partial charge in [-0.1, -0.05) is 5.57 Å². The lowest BCUT2D eigenvalue weighted by Gasteiger charge is -2.18. The minimum absolute atomic E-state index is 0.0385. The molecule has 0 radical (unpaired) electrons. The van der Waals surface area contributed by atoms with Gasteiger partial charge in [-0.2, -0.15) is 0 Å². The van der Waals surface area contributed by atoms with Gasteiger partial charge in [0.15, 0.2) is 0 Å². The number of aromatic nitrogens is 2. The summed E-state index contributed by atoms with van der Waals surface area (Å²) in [7, 11) is 0. The van der Waals surface area contributed by atoms with E-state index in [2.05, 4.69) is 27.5 Å². The average Bonchev–Trinajstić information content (AvgIpc) is 2.68. The molecule has 0 saturated carbocycles. The molecule has 0 spiro atoms. The first-order valence-electron chi connectivity index (χ1n) is 9.47. The van der Waals surface area contributed by atoms with Gasteiger partial charge in [0, 0.05) is 29.6 Å². The van der Waals surface area contributed by atoms with Crippen LogP contribution < -0.4 is 10.6 Å². The number of halogens is 1. The second-order valence-electron chi connectivity index (χ2n) is 7.02. The third-order valence-corrected chi connectivity index (χ3v) is 4.98. The molecule has 2 heterocycles. The molecule has 0 bridgehead atoms. The van der Waals surface area contributed by atoms with E-state index in [-0.39, 0.29) is 11.7 Å². The van der Waals surface area contributed by atoms with Crippen molar-refractivity contribution in [2.75, 3.05) is 11.9 Å². The predicted octanol–water partition coefficient (Wildman–Crippen LogP) is 4.77. The van der Waals surface area contributed by atoms with Crippen molar-refractivity contribution in [2.24, 2.45) is 0 Å². The molecule has 1 aromatic carbocycles. The molecule has 1 aromatic heterocycles. The molecule has 0 aliphatic carbocycles. The summed E-state index contributed by atoms with van der Waals surface area (Å²) in [6.07, 6.45) is 4.59. The molecular formula is C22H25FN4O. The number of nitrogens with one attached hydrogen (secondary N) is 2. The van der Waals surface area contributed by atoms with Gasteiger partial charge in [0.25, 0.3) is 0 Å². The van der Waals surface area contributed by atoms with E-state index in [0.29, 0.717) is 23.8 Å². The molecule has 1 aliphatic rings. The first-order chi connectivity index (χ1) is 13.5. The number of hydrogen-bond acceptors (Lipinski definition) is 4. The summed E-state index contributed by atoms with van der Waals surface area (Å²) < 4.78 is 13.1. The van der Waals surface area contributed by atoms with Crippen LogP contribution in [0.15, 0.2) is 53.2 Å². The molecule has 2 N–H and O–H groups in total. The zero-order chi connectivity index (χ0) is 20.1. The summed E-state index contributed by atoms with van der Waals surface area (Å²) in [6.45, 7) is 6.61. The van der Waals surface area contributed by atoms with Crippen LogP contribution in [0.3, 0.4) is 0 Å². The maximum atomic E-state index is 13.1. The number of hydrogen-bond donors (Lipinski definition) is 2. The second kappa shape index (κ2) is 8.78. The number of nitrogens with zero attached hydrogens (tertiary/aromatic N) is 2. The second-order valence-corrected chi connectivity index (χ2v) is 7.02. The predicted molar refractivity (Wildman–Crippen MR) is 110 cm³/mol. The van der Waals surface area contributed by atoms with Crippen molar-refractivity contribution < 1.29 is 9.18 Å². The van der Waals surface area contributed by atoms with Gasteiger partial charge in [-0.25, -0.2) is 14.4 Å². The fourth-order valence-electron chi connectivity index (χ4n) is 3.28. The quantitative estimate of drug-likeness (QED) is 0.805. The van der Waals surface area contributed by atoms with E-state index in [1.165, 1.54) is 17.7 Å². The Balaban J connectivity index is 2.00. The van der Waals surface area contributed by atoms with Crippen LogP contribution in [0.4, 0.5) is 16.0 Å². The topological polar surface area (TPSA) is 66.9 Å². The zero-order valence-electron chi connectivity index (χ0n) is 16.5. The van der Waals surface area contributed by atoms with Crippen molar-refractivity contribution >= 4 is 23.1 Å². The van der Waals surface area contributed by atoms with E-state index in [0.717, 1.165) is 36.1 Å². The molecule has 3 rings (SSSR count). The van der Waals surface area contributed by atoms with Crippen LogP contribution in [0, 0.1) is 5.82 Å². The lowest BCUT2D eigenvalue weighted by molar-refractivity contribution is -0.117. The average molecular weight is 380 g/mol. The Hall–Kier alpha value is -3.02.